The number of hydrogen-bond donors (Lipinski definition) is 2. The first-order valence-corrected chi connectivity index (χ1v) is 5.76. The van der Waals surface area contributed by atoms with Crippen molar-refractivity contribution in [2.75, 3.05) is 12.3 Å². The van der Waals surface area contributed by atoms with Crippen LogP contribution in [-0.2, 0) is 0 Å². The van der Waals surface area contributed by atoms with Crippen LogP contribution in [-0.4, -0.2) is 16.6 Å². The third-order valence-corrected chi connectivity index (χ3v) is 2.50. The van der Waals surface area contributed by atoms with Gasteiger partial charge >= 0.3 is 0 Å². The summed E-state index contributed by atoms with van der Waals surface area (Å²) in [6.07, 6.45) is 1.01. The molecule has 0 fully saturated rings. The van der Waals surface area contributed by atoms with Crippen LogP contribution in [0.5, 0.6) is 5.75 Å². The van der Waals surface area contributed by atoms with Crippen LogP contribution in [0.3, 0.4) is 0 Å². The van der Waals surface area contributed by atoms with E-state index in [1.54, 1.807) is 0 Å². The maximum absolute atomic E-state index is 5.62. The fourth-order valence-corrected chi connectivity index (χ4v) is 1.69. The highest BCUT2D eigenvalue weighted by Gasteiger charge is 2.07. The Labute approximate surface area is 101 Å². The Morgan fingerprint density at radius 3 is 2.53 bits per heavy atom. The lowest BCUT2D eigenvalue weighted by Gasteiger charge is -2.05. The van der Waals surface area contributed by atoms with Crippen LogP contribution >= 0.6 is 0 Å². The van der Waals surface area contributed by atoms with Gasteiger partial charge in [-0.15, -0.1) is 0 Å². The molecular formula is C13H17N3O. The van der Waals surface area contributed by atoms with Crippen molar-refractivity contribution in [2.45, 2.75) is 20.3 Å². The Morgan fingerprint density at radius 1 is 1.29 bits per heavy atom. The summed E-state index contributed by atoms with van der Waals surface area (Å²) < 4.78 is 5.53. The number of aryl methyl sites for hydroxylation is 1. The van der Waals surface area contributed by atoms with Crippen LogP contribution in [0, 0.1) is 6.92 Å². The Morgan fingerprint density at radius 2 is 2.00 bits per heavy atom. The number of H-pyrrole nitrogens is 1. The summed E-state index contributed by atoms with van der Waals surface area (Å²) in [5, 5.41) is 0. The molecule has 0 bridgehead atoms. The standard InChI is InChI=1S/C13H17N3O/c1-3-8-17-11-6-4-10(5-7-11)12-9(2)15-13(14)16-12/h4-7H,3,8H2,1-2H3,(H3,14,15,16). The number of rotatable bonds is 4. The molecule has 1 heterocycles. The number of nitrogens with one attached hydrogen (secondary N) is 1. The van der Waals surface area contributed by atoms with Crippen LogP contribution in [0.4, 0.5) is 5.95 Å². The number of benzene rings is 1. The Kier molecular flexibility index (Phi) is 3.32. The van der Waals surface area contributed by atoms with Crippen molar-refractivity contribution in [1.29, 1.82) is 0 Å². The lowest BCUT2D eigenvalue weighted by molar-refractivity contribution is 0.317. The van der Waals surface area contributed by atoms with E-state index < -0.39 is 0 Å². The maximum Gasteiger partial charge on any atom is 0.198 e. The van der Waals surface area contributed by atoms with Gasteiger partial charge in [0.05, 0.1) is 12.3 Å². The Bertz CT molecular complexity index is 488. The van der Waals surface area contributed by atoms with Crippen molar-refractivity contribution >= 4 is 5.95 Å². The summed E-state index contributed by atoms with van der Waals surface area (Å²) in [6.45, 7) is 4.79. The predicted octanol–water partition coefficient (Wildman–Crippen LogP) is 2.76. The topological polar surface area (TPSA) is 63.9 Å². The first-order chi connectivity index (χ1) is 8.20. The summed E-state index contributed by atoms with van der Waals surface area (Å²) >= 11 is 0. The molecule has 1 aromatic carbocycles. The zero-order valence-electron chi connectivity index (χ0n) is 10.2. The minimum Gasteiger partial charge on any atom is -0.494 e. The SMILES string of the molecule is CCCOc1ccc(-c2nc(N)[nH]c2C)cc1. The summed E-state index contributed by atoms with van der Waals surface area (Å²) in [7, 11) is 0. The predicted molar refractivity (Wildman–Crippen MR) is 69.0 cm³/mol. The molecule has 4 nitrogen and oxygen atoms in total. The molecule has 0 unspecified atom stereocenters. The van der Waals surface area contributed by atoms with E-state index in [0.29, 0.717) is 5.95 Å². The summed E-state index contributed by atoms with van der Waals surface area (Å²) in [6, 6.07) is 7.89. The molecule has 0 saturated carbocycles. The highest BCUT2D eigenvalue weighted by atomic mass is 16.5. The van der Waals surface area contributed by atoms with Crippen LogP contribution in [0.1, 0.15) is 19.0 Å². The number of hydrogen-bond acceptors (Lipinski definition) is 3. The molecule has 0 aliphatic rings. The van der Waals surface area contributed by atoms with Crippen LogP contribution in [0.15, 0.2) is 24.3 Å². The number of nitrogens with zero attached hydrogens (tertiary/aromatic N) is 1. The minimum absolute atomic E-state index is 0.448. The molecule has 0 atom stereocenters. The van der Waals surface area contributed by atoms with Gasteiger partial charge in [-0.1, -0.05) is 6.92 Å². The number of nitrogen functional groups attached to an aromatic ring is 1. The van der Waals surface area contributed by atoms with Gasteiger partial charge in [-0.2, -0.15) is 0 Å². The van der Waals surface area contributed by atoms with E-state index in [2.05, 4.69) is 16.9 Å². The average molecular weight is 231 g/mol. The van der Waals surface area contributed by atoms with Gasteiger partial charge in [-0.25, -0.2) is 4.98 Å². The van der Waals surface area contributed by atoms with Crippen molar-refractivity contribution in [1.82, 2.24) is 9.97 Å². The third kappa shape index (κ3) is 2.58. The van der Waals surface area contributed by atoms with E-state index in [0.717, 1.165) is 35.7 Å². The van der Waals surface area contributed by atoms with Gasteiger partial charge in [0.1, 0.15) is 5.75 Å². The van der Waals surface area contributed by atoms with E-state index >= 15 is 0 Å². The van der Waals surface area contributed by atoms with Crippen molar-refractivity contribution in [2.24, 2.45) is 0 Å². The van der Waals surface area contributed by atoms with Gasteiger partial charge in [-0.3, -0.25) is 0 Å². The van der Waals surface area contributed by atoms with Gasteiger partial charge in [0, 0.05) is 11.3 Å². The van der Waals surface area contributed by atoms with Gasteiger partial charge in [0.2, 0.25) is 0 Å². The lowest BCUT2D eigenvalue weighted by atomic mass is 10.1. The molecule has 4 heteroatoms. The fourth-order valence-electron chi connectivity index (χ4n) is 1.69. The van der Waals surface area contributed by atoms with E-state index in [1.807, 2.05) is 31.2 Å². The number of anilines is 1. The zero-order valence-corrected chi connectivity index (χ0v) is 10.2. The molecule has 0 spiro atoms. The molecular weight excluding hydrogens is 214 g/mol. The lowest BCUT2D eigenvalue weighted by Crippen LogP contribution is -1.94. The molecule has 2 rings (SSSR count). The smallest absolute Gasteiger partial charge is 0.198 e. The number of nitrogens with two attached hydrogens (primary N) is 1. The summed E-state index contributed by atoms with van der Waals surface area (Å²) in [4.78, 5) is 7.24. The second kappa shape index (κ2) is 4.91. The summed E-state index contributed by atoms with van der Waals surface area (Å²) in [5.41, 5.74) is 8.53. The molecule has 0 aliphatic heterocycles. The monoisotopic (exact) mass is 231 g/mol. The molecule has 1 aromatic heterocycles. The number of aromatic amines is 1. The second-order valence-corrected chi connectivity index (χ2v) is 3.97. The highest BCUT2D eigenvalue weighted by Crippen LogP contribution is 2.24. The normalized spacial score (nSPS) is 10.5. The van der Waals surface area contributed by atoms with Crippen molar-refractivity contribution in [3.8, 4) is 17.0 Å². The molecule has 0 amide bonds. The number of imidazole rings is 1. The van der Waals surface area contributed by atoms with Crippen LogP contribution in [0.2, 0.25) is 0 Å². The fraction of sp³-hybridized carbons (Fsp3) is 0.308. The molecule has 2 aromatic rings. The number of ether oxygens (including phenoxy) is 1. The third-order valence-electron chi connectivity index (χ3n) is 2.50. The largest absolute Gasteiger partial charge is 0.494 e. The van der Waals surface area contributed by atoms with Gasteiger partial charge in [0.25, 0.3) is 0 Å². The van der Waals surface area contributed by atoms with E-state index in [9.17, 15) is 0 Å². The van der Waals surface area contributed by atoms with Gasteiger partial charge < -0.3 is 15.5 Å². The molecule has 3 N–H and O–H groups in total. The highest BCUT2D eigenvalue weighted by molar-refractivity contribution is 5.64. The summed E-state index contributed by atoms with van der Waals surface area (Å²) in [5.74, 6) is 1.33. The first kappa shape index (κ1) is 11.5. The van der Waals surface area contributed by atoms with Gasteiger partial charge in [-0.05, 0) is 37.6 Å². The Balaban J connectivity index is 2.20. The van der Waals surface area contributed by atoms with Crippen molar-refractivity contribution in [3.05, 3.63) is 30.0 Å². The quantitative estimate of drug-likeness (QED) is 0.850. The zero-order chi connectivity index (χ0) is 12.3. The van der Waals surface area contributed by atoms with Gasteiger partial charge in [0.15, 0.2) is 5.95 Å². The molecule has 17 heavy (non-hydrogen) atoms. The van der Waals surface area contributed by atoms with Crippen molar-refractivity contribution in [3.63, 3.8) is 0 Å². The first-order valence-electron chi connectivity index (χ1n) is 5.76. The molecule has 0 aliphatic carbocycles. The average Bonchev–Trinajstić information content (AvgIpc) is 2.66. The van der Waals surface area contributed by atoms with Crippen molar-refractivity contribution < 1.29 is 4.74 Å². The van der Waals surface area contributed by atoms with E-state index in [-0.39, 0.29) is 0 Å². The van der Waals surface area contributed by atoms with E-state index in [4.69, 9.17) is 10.5 Å². The van der Waals surface area contributed by atoms with E-state index in [1.165, 1.54) is 0 Å². The molecule has 0 radical (unpaired) electrons. The molecule has 0 saturated heterocycles. The minimum atomic E-state index is 0.448. The van der Waals surface area contributed by atoms with Crippen LogP contribution in [0.25, 0.3) is 11.3 Å². The maximum atomic E-state index is 5.62. The van der Waals surface area contributed by atoms with Crippen LogP contribution < -0.4 is 10.5 Å². The second-order valence-electron chi connectivity index (χ2n) is 3.97. The Hall–Kier alpha value is -1.97. The molecule has 90 valence electrons. The number of aromatic nitrogens is 2.